The van der Waals surface area contributed by atoms with Gasteiger partial charge in [0.25, 0.3) is 15.9 Å². The van der Waals surface area contributed by atoms with E-state index in [9.17, 15) is 18.0 Å². The van der Waals surface area contributed by atoms with Crippen LogP contribution < -0.4 is 10.1 Å². The number of methoxy groups -OCH3 is 1. The third-order valence-electron chi connectivity index (χ3n) is 4.36. The molecule has 10 heteroatoms. The Kier molecular flexibility index (Phi) is 6.02. The first-order valence-corrected chi connectivity index (χ1v) is 10.5. The fourth-order valence-corrected chi connectivity index (χ4v) is 3.71. The Hall–Kier alpha value is -3.14. The Labute approximate surface area is 168 Å². The molecule has 1 aromatic carbocycles. The van der Waals surface area contributed by atoms with E-state index in [0.717, 1.165) is 5.56 Å². The average Bonchev–Trinajstić information content (AvgIpc) is 2.71. The molecule has 3 rings (SSSR count). The zero-order chi connectivity index (χ0) is 21.0. The highest BCUT2D eigenvalue weighted by atomic mass is 32.2. The lowest BCUT2D eigenvalue weighted by Gasteiger charge is -2.28. The number of carbonyl (C=O) groups is 2. The minimum absolute atomic E-state index is 0.00872. The van der Waals surface area contributed by atoms with E-state index in [1.54, 1.807) is 36.4 Å². The third kappa shape index (κ3) is 5.02. The maximum absolute atomic E-state index is 12.5. The molecule has 1 aromatic rings. The second kappa shape index (κ2) is 8.48. The number of hydrogen-bond acceptors (Lipinski definition) is 7. The van der Waals surface area contributed by atoms with Crippen molar-refractivity contribution in [1.82, 2.24) is 10.2 Å². The molecule has 2 aliphatic rings. The van der Waals surface area contributed by atoms with Crippen LogP contribution in [0, 0.1) is 0 Å². The molecule has 0 fully saturated rings. The molecule has 1 atom stereocenters. The van der Waals surface area contributed by atoms with Crippen LogP contribution in [-0.2, 0) is 30.9 Å². The van der Waals surface area contributed by atoms with Gasteiger partial charge in [-0.25, -0.2) is 13.2 Å². The molecule has 0 saturated carbocycles. The normalized spacial score (nSPS) is 18.1. The molecular formula is C19H21N3O6S. The van der Waals surface area contributed by atoms with Gasteiger partial charge in [0.05, 0.1) is 12.9 Å². The molecule has 0 unspecified atom stereocenters. The highest BCUT2D eigenvalue weighted by Crippen LogP contribution is 2.19. The Balaban J connectivity index is 1.60. The molecule has 0 aliphatic carbocycles. The smallest absolute Gasteiger partial charge is 0.342 e. The number of hydrogen-bond donors (Lipinski definition) is 1. The molecule has 2 aliphatic heterocycles. The van der Waals surface area contributed by atoms with E-state index in [-0.39, 0.29) is 30.3 Å². The summed E-state index contributed by atoms with van der Waals surface area (Å²) in [5.41, 5.74) is 0.848. The summed E-state index contributed by atoms with van der Waals surface area (Å²) in [6.45, 7) is 1.90. The quantitative estimate of drug-likeness (QED) is 0.677. The van der Waals surface area contributed by atoms with E-state index in [2.05, 4.69) is 9.71 Å². The number of carbonyl (C=O) groups excluding carboxylic acids is 2. The van der Waals surface area contributed by atoms with Crippen molar-refractivity contribution in [2.75, 3.05) is 19.4 Å². The molecule has 0 aromatic heterocycles. The second-order valence-corrected chi connectivity index (χ2v) is 8.18. The number of amidine groups is 1. The van der Waals surface area contributed by atoms with Crippen molar-refractivity contribution in [3.8, 4) is 5.75 Å². The van der Waals surface area contributed by atoms with E-state index in [1.165, 1.54) is 13.0 Å². The molecule has 154 valence electrons. The Morgan fingerprint density at radius 2 is 2.00 bits per heavy atom. The van der Waals surface area contributed by atoms with Crippen molar-refractivity contribution in [3.63, 3.8) is 0 Å². The van der Waals surface area contributed by atoms with Crippen molar-refractivity contribution < 1.29 is 27.5 Å². The lowest BCUT2D eigenvalue weighted by atomic mass is 10.1. The van der Waals surface area contributed by atoms with Crippen LogP contribution in [0.1, 0.15) is 12.5 Å². The fraction of sp³-hybridized carbons (Fsp3) is 0.316. The van der Waals surface area contributed by atoms with Crippen LogP contribution in [0.3, 0.4) is 0 Å². The number of nitrogens with one attached hydrogen (secondary N) is 1. The Morgan fingerprint density at radius 3 is 2.69 bits per heavy atom. The Morgan fingerprint density at radius 1 is 1.28 bits per heavy atom. The van der Waals surface area contributed by atoms with Gasteiger partial charge in [0.15, 0.2) is 11.9 Å². The molecule has 9 nitrogen and oxygen atoms in total. The van der Waals surface area contributed by atoms with E-state index < -0.39 is 28.0 Å². The summed E-state index contributed by atoms with van der Waals surface area (Å²) in [6.07, 6.45) is 3.58. The van der Waals surface area contributed by atoms with Gasteiger partial charge in [-0.3, -0.25) is 4.79 Å². The summed E-state index contributed by atoms with van der Waals surface area (Å²) in [6, 6.07) is 7.17. The zero-order valence-electron chi connectivity index (χ0n) is 16.0. The number of sulfonamides is 1. The van der Waals surface area contributed by atoms with Crippen LogP contribution in [0.25, 0.3) is 0 Å². The van der Waals surface area contributed by atoms with Crippen molar-refractivity contribution in [3.05, 3.63) is 53.8 Å². The first kappa shape index (κ1) is 20.6. The number of rotatable bonds is 6. The van der Waals surface area contributed by atoms with Crippen LogP contribution in [-0.4, -0.2) is 56.5 Å². The lowest BCUT2D eigenvalue weighted by molar-refractivity contribution is -0.150. The summed E-state index contributed by atoms with van der Waals surface area (Å²) in [5.74, 6) is -0.709. The highest BCUT2D eigenvalue weighted by molar-refractivity contribution is 7.90. The van der Waals surface area contributed by atoms with Gasteiger partial charge < -0.3 is 19.7 Å². The first-order valence-electron chi connectivity index (χ1n) is 8.89. The molecule has 29 heavy (non-hydrogen) atoms. The van der Waals surface area contributed by atoms with Crippen molar-refractivity contribution in [2.24, 2.45) is 4.40 Å². The SMILES string of the molecule is COc1ccc(CNC(=O)[C@@H](C)OC(=O)C2=CC=CN3CCS(=O)(=O)N=C23)cc1. The number of ether oxygens (including phenoxy) is 2. The summed E-state index contributed by atoms with van der Waals surface area (Å²) in [4.78, 5) is 26.3. The average molecular weight is 419 g/mol. The van der Waals surface area contributed by atoms with Gasteiger partial charge in [-0.05, 0) is 36.8 Å². The van der Waals surface area contributed by atoms with Crippen molar-refractivity contribution in [2.45, 2.75) is 19.6 Å². The number of fused-ring (bicyclic) bond motifs is 1. The second-order valence-electron chi connectivity index (χ2n) is 6.43. The van der Waals surface area contributed by atoms with Gasteiger partial charge in [0, 0.05) is 19.3 Å². The fourth-order valence-electron chi connectivity index (χ4n) is 2.73. The molecule has 0 bridgehead atoms. The van der Waals surface area contributed by atoms with Gasteiger partial charge >= 0.3 is 5.97 Å². The van der Waals surface area contributed by atoms with E-state index >= 15 is 0 Å². The van der Waals surface area contributed by atoms with Gasteiger partial charge in [0.1, 0.15) is 11.3 Å². The minimum Gasteiger partial charge on any atom is -0.497 e. The van der Waals surface area contributed by atoms with E-state index in [0.29, 0.717) is 5.75 Å². The number of amides is 1. The molecule has 0 saturated heterocycles. The standard InChI is InChI=1S/C19H21N3O6S/c1-13(18(23)20-12-14-5-7-15(27-2)8-6-14)28-19(24)16-4-3-9-22-10-11-29(25,26)21-17(16)22/h3-9,13H,10-12H2,1-2H3,(H,20,23)/t13-/m1/s1. The van der Waals surface area contributed by atoms with Crippen LogP contribution in [0.2, 0.25) is 0 Å². The molecule has 1 N–H and O–H groups in total. The largest absolute Gasteiger partial charge is 0.497 e. The molecule has 2 heterocycles. The van der Waals surface area contributed by atoms with Gasteiger partial charge in [-0.1, -0.05) is 12.1 Å². The van der Waals surface area contributed by atoms with Crippen LogP contribution in [0.5, 0.6) is 5.75 Å². The van der Waals surface area contributed by atoms with Gasteiger partial charge in [-0.15, -0.1) is 4.40 Å². The summed E-state index contributed by atoms with van der Waals surface area (Å²) >= 11 is 0. The Bertz CT molecular complexity index is 995. The maximum atomic E-state index is 12.5. The highest BCUT2D eigenvalue weighted by Gasteiger charge is 2.32. The summed E-state index contributed by atoms with van der Waals surface area (Å²) in [7, 11) is -2.07. The third-order valence-corrected chi connectivity index (χ3v) is 5.51. The van der Waals surface area contributed by atoms with Crippen LogP contribution in [0.15, 0.2) is 52.6 Å². The number of nitrogens with zero attached hydrogens (tertiary/aromatic N) is 2. The predicted molar refractivity (Wildman–Crippen MR) is 106 cm³/mol. The molecule has 1 amide bonds. The van der Waals surface area contributed by atoms with Gasteiger partial charge in [0.2, 0.25) is 0 Å². The van der Waals surface area contributed by atoms with Crippen molar-refractivity contribution in [1.29, 1.82) is 0 Å². The van der Waals surface area contributed by atoms with Crippen LogP contribution >= 0.6 is 0 Å². The van der Waals surface area contributed by atoms with Gasteiger partial charge in [-0.2, -0.15) is 0 Å². The van der Waals surface area contributed by atoms with E-state index in [1.807, 2.05) is 12.1 Å². The topological polar surface area (TPSA) is 114 Å². The zero-order valence-corrected chi connectivity index (χ0v) is 16.8. The van der Waals surface area contributed by atoms with Crippen LogP contribution in [0.4, 0.5) is 0 Å². The van der Waals surface area contributed by atoms with Crippen molar-refractivity contribution >= 4 is 27.7 Å². The first-order chi connectivity index (χ1) is 13.8. The maximum Gasteiger partial charge on any atom is 0.342 e. The minimum atomic E-state index is -3.63. The van der Waals surface area contributed by atoms with E-state index in [4.69, 9.17) is 9.47 Å². The molecule has 0 radical (unpaired) electrons. The molecular weight excluding hydrogens is 398 g/mol. The summed E-state index contributed by atoms with van der Waals surface area (Å²) < 4.78 is 37.5. The lowest BCUT2D eigenvalue weighted by Crippen LogP contribution is -2.41. The monoisotopic (exact) mass is 419 g/mol. The number of allylic oxidation sites excluding steroid dienone is 2. The number of benzene rings is 1. The summed E-state index contributed by atoms with van der Waals surface area (Å²) in [5, 5.41) is 2.69. The number of esters is 1. The molecule has 0 spiro atoms. The predicted octanol–water partition coefficient (Wildman–Crippen LogP) is 0.741.